The largest absolute Gasteiger partial charge is 0.0843 e. The van der Waals surface area contributed by atoms with E-state index < -0.39 is 0 Å². The van der Waals surface area contributed by atoms with Gasteiger partial charge < -0.3 is 0 Å². The summed E-state index contributed by atoms with van der Waals surface area (Å²) >= 11 is 9.89. The molecular weight excluding hydrogens is 332 g/mol. The van der Waals surface area contributed by atoms with E-state index in [1.54, 1.807) is 11.1 Å². The lowest BCUT2D eigenvalue weighted by Gasteiger charge is -2.18. The predicted octanol–water partition coefficient (Wildman–Crippen LogP) is 5.90. The molecule has 0 fully saturated rings. The van der Waals surface area contributed by atoms with Crippen LogP contribution in [0.5, 0.6) is 0 Å². The van der Waals surface area contributed by atoms with Crippen LogP contribution < -0.4 is 0 Å². The highest BCUT2D eigenvalue weighted by Crippen LogP contribution is 2.31. The molecule has 0 spiro atoms. The van der Waals surface area contributed by atoms with Crippen LogP contribution in [0.15, 0.2) is 42.5 Å². The molecule has 3 rings (SSSR count). The first-order chi connectivity index (χ1) is 9.72. The Kier molecular flexibility index (Phi) is 4.48. The van der Waals surface area contributed by atoms with Gasteiger partial charge in [-0.25, -0.2) is 0 Å². The van der Waals surface area contributed by atoms with Crippen LogP contribution in [-0.4, -0.2) is 0 Å². The van der Waals surface area contributed by atoms with Crippen molar-refractivity contribution in [2.24, 2.45) is 0 Å². The van der Waals surface area contributed by atoms with Crippen molar-refractivity contribution >= 4 is 27.5 Å². The quantitative estimate of drug-likeness (QED) is 0.605. The molecule has 1 atom stereocenters. The second kappa shape index (κ2) is 6.32. The second-order valence-electron chi connectivity index (χ2n) is 5.54. The molecule has 1 aliphatic carbocycles. The molecule has 0 heterocycles. The van der Waals surface area contributed by atoms with Gasteiger partial charge >= 0.3 is 0 Å². The third-order valence-corrected chi connectivity index (χ3v) is 5.13. The summed E-state index contributed by atoms with van der Waals surface area (Å²) < 4.78 is 0. The highest BCUT2D eigenvalue weighted by atomic mass is 79.9. The highest BCUT2D eigenvalue weighted by Gasteiger charge is 2.14. The molecule has 0 nitrogen and oxygen atoms in total. The van der Waals surface area contributed by atoms with Crippen LogP contribution in [0.3, 0.4) is 0 Å². The Hall–Kier alpha value is -0.790. The lowest BCUT2D eigenvalue weighted by molar-refractivity contribution is 0.684. The van der Waals surface area contributed by atoms with Crippen LogP contribution in [0, 0.1) is 0 Å². The van der Waals surface area contributed by atoms with Crippen molar-refractivity contribution in [3.05, 3.63) is 69.7 Å². The molecule has 0 N–H and O–H groups in total. The molecule has 0 radical (unpaired) electrons. The summed E-state index contributed by atoms with van der Waals surface area (Å²) in [5, 5.41) is 0.813. The van der Waals surface area contributed by atoms with E-state index >= 15 is 0 Å². The summed E-state index contributed by atoms with van der Waals surface area (Å²) in [4.78, 5) is 0.355. The smallest absolute Gasteiger partial charge is 0.0435 e. The number of hydrogen-bond acceptors (Lipinski definition) is 0. The Morgan fingerprint density at radius 1 is 1.00 bits per heavy atom. The second-order valence-corrected chi connectivity index (χ2v) is 7.08. The Morgan fingerprint density at radius 3 is 2.60 bits per heavy atom. The lowest BCUT2D eigenvalue weighted by Crippen LogP contribution is -2.04. The van der Waals surface area contributed by atoms with Gasteiger partial charge in [0.05, 0.1) is 0 Å². The van der Waals surface area contributed by atoms with Gasteiger partial charge in [-0.2, -0.15) is 0 Å². The Bertz CT molecular complexity index is 606. The Balaban J connectivity index is 1.78. The van der Waals surface area contributed by atoms with Crippen LogP contribution >= 0.6 is 27.5 Å². The fraction of sp³-hybridized carbons (Fsp3) is 0.333. The summed E-state index contributed by atoms with van der Waals surface area (Å²) in [6.07, 6.45) is 6.13. The molecule has 20 heavy (non-hydrogen) atoms. The van der Waals surface area contributed by atoms with E-state index in [9.17, 15) is 0 Å². The van der Waals surface area contributed by atoms with Crippen LogP contribution in [0.2, 0.25) is 5.02 Å². The molecular formula is C18H18BrCl. The maximum Gasteiger partial charge on any atom is 0.0435 e. The van der Waals surface area contributed by atoms with Gasteiger partial charge in [0.15, 0.2) is 0 Å². The average molecular weight is 350 g/mol. The lowest BCUT2D eigenvalue weighted by atomic mass is 9.89. The highest BCUT2D eigenvalue weighted by molar-refractivity contribution is 9.09. The van der Waals surface area contributed by atoms with Crippen molar-refractivity contribution in [2.45, 2.75) is 36.9 Å². The van der Waals surface area contributed by atoms with E-state index in [0.717, 1.165) is 11.4 Å². The first-order valence-electron chi connectivity index (χ1n) is 7.22. The third kappa shape index (κ3) is 3.27. The molecule has 0 bridgehead atoms. The zero-order valence-corrected chi connectivity index (χ0v) is 13.8. The SMILES string of the molecule is Clc1cccc(CC(Br)c2ccc3c(c2)CCCC3)c1. The molecule has 2 heteroatoms. The van der Waals surface area contributed by atoms with Crippen LogP contribution in [0.1, 0.15) is 39.9 Å². The van der Waals surface area contributed by atoms with E-state index in [1.165, 1.54) is 36.8 Å². The molecule has 104 valence electrons. The number of hydrogen-bond donors (Lipinski definition) is 0. The molecule has 0 saturated carbocycles. The number of rotatable bonds is 3. The van der Waals surface area contributed by atoms with Gasteiger partial charge in [-0.15, -0.1) is 0 Å². The summed E-state index contributed by atoms with van der Waals surface area (Å²) in [6.45, 7) is 0. The van der Waals surface area contributed by atoms with E-state index in [-0.39, 0.29) is 0 Å². The monoisotopic (exact) mass is 348 g/mol. The zero-order valence-electron chi connectivity index (χ0n) is 11.4. The summed E-state index contributed by atoms with van der Waals surface area (Å²) in [7, 11) is 0. The van der Waals surface area contributed by atoms with Gasteiger partial charge in [0.2, 0.25) is 0 Å². The maximum absolute atomic E-state index is 6.05. The van der Waals surface area contributed by atoms with Gasteiger partial charge in [0.1, 0.15) is 0 Å². The van der Waals surface area contributed by atoms with E-state index in [4.69, 9.17) is 11.6 Å². The summed E-state index contributed by atoms with van der Waals surface area (Å²) in [6, 6.07) is 15.1. The Labute approximate surface area is 134 Å². The van der Waals surface area contributed by atoms with Crippen LogP contribution in [0.25, 0.3) is 0 Å². The standard InChI is InChI=1S/C18H18BrCl/c19-18(11-13-4-3-7-17(20)10-13)16-9-8-14-5-1-2-6-15(14)12-16/h3-4,7-10,12,18H,1-2,5-6,11H2. The normalized spacial score (nSPS) is 15.7. The number of aryl methyl sites for hydroxylation is 2. The molecule has 0 aliphatic heterocycles. The number of alkyl halides is 1. The van der Waals surface area contributed by atoms with Gasteiger partial charge in [-0.1, -0.05) is 57.9 Å². The molecule has 1 aliphatic rings. The van der Waals surface area contributed by atoms with Crippen molar-refractivity contribution in [2.75, 3.05) is 0 Å². The Morgan fingerprint density at radius 2 is 1.80 bits per heavy atom. The fourth-order valence-electron chi connectivity index (χ4n) is 2.94. The predicted molar refractivity (Wildman–Crippen MR) is 89.9 cm³/mol. The van der Waals surface area contributed by atoms with Crippen molar-refractivity contribution in [1.82, 2.24) is 0 Å². The van der Waals surface area contributed by atoms with E-state index in [2.05, 4.69) is 40.2 Å². The van der Waals surface area contributed by atoms with Gasteiger partial charge in [0, 0.05) is 9.85 Å². The van der Waals surface area contributed by atoms with E-state index in [1.807, 2.05) is 18.2 Å². The van der Waals surface area contributed by atoms with Crippen molar-refractivity contribution < 1.29 is 0 Å². The van der Waals surface area contributed by atoms with Crippen LogP contribution in [-0.2, 0) is 19.3 Å². The molecule has 0 saturated heterocycles. The van der Waals surface area contributed by atoms with E-state index in [0.29, 0.717) is 4.83 Å². The topological polar surface area (TPSA) is 0 Å². The van der Waals surface area contributed by atoms with Crippen molar-refractivity contribution in [3.63, 3.8) is 0 Å². The molecule has 0 aromatic heterocycles. The first-order valence-corrected chi connectivity index (χ1v) is 8.52. The number of fused-ring (bicyclic) bond motifs is 1. The van der Waals surface area contributed by atoms with Crippen molar-refractivity contribution in [3.8, 4) is 0 Å². The number of halogens is 2. The molecule has 0 amide bonds. The minimum atomic E-state index is 0.355. The van der Waals surface area contributed by atoms with Crippen molar-refractivity contribution in [1.29, 1.82) is 0 Å². The molecule has 2 aromatic carbocycles. The van der Waals surface area contributed by atoms with Gasteiger partial charge in [-0.05, 0) is 66.5 Å². The molecule has 1 unspecified atom stereocenters. The third-order valence-electron chi connectivity index (χ3n) is 4.04. The maximum atomic E-state index is 6.05. The summed E-state index contributed by atoms with van der Waals surface area (Å²) in [5.41, 5.74) is 5.74. The van der Waals surface area contributed by atoms with Gasteiger partial charge in [0.25, 0.3) is 0 Å². The molecule has 2 aromatic rings. The minimum Gasteiger partial charge on any atom is -0.0843 e. The zero-order chi connectivity index (χ0) is 13.9. The average Bonchev–Trinajstić information content (AvgIpc) is 2.47. The van der Waals surface area contributed by atoms with Crippen LogP contribution in [0.4, 0.5) is 0 Å². The number of benzene rings is 2. The first kappa shape index (κ1) is 14.2. The van der Waals surface area contributed by atoms with Gasteiger partial charge in [-0.3, -0.25) is 0 Å². The fourth-order valence-corrected chi connectivity index (χ4v) is 3.81. The minimum absolute atomic E-state index is 0.355. The summed E-state index contributed by atoms with van der Waals surface area (Å²) in [5.74, 6) is 0.